The van der Waals surface area contributed by atoms with Crippen molar-refractivity contribution in [3.63, 3.8) is 0 Å². The summed E-state index contributed by atoms with van der Waals surface area (Å²) in [6, 6.07) is 15.5. The Bertz CT molecular complexity index is 1480. The Labute approximate surface area is 217 Å². The van der Waals surface area contributed by atoms with Crippen molar-refractivity contribution in [1.82, 2.24) is 24.3 Å². The molecule has 2 aromatic carbocycles. The summed E-state index contributed by atoms with van der Waals surface area (Å²) >= 11 is 0. The topological polar surface area (TPSA) is 127 Å². The van der Waals surface area contributed by atoms with E-state index in [1.165, 1.54) is 28.1 Å². The van der Waals surface area contributed by atoms with Crippen LogP contribution in [0.2, 0.25) is 0 Å². The molecule has 0 radical (unpaired) electrons. The molecule has 3 heterocycles. The average Bonchev–Trinajstić information content (AvgIpc) is 3.59. The summed E-state index contributed by atoms with van der Waals surface area (Å²) in [5.41, 5.74) is 2.21. The van der Waals surface area contributed by atoms with Crippen molar-refractivity contribution in [3.05, 3.63) is 106 Å². The molecule has 11 nitrogen and oxygen atoms in total. The number of aryl methyl sites for hydroxylation is 2. The molecule has 5 rings (SSSR count). The van der Waals surface area contributed by atoms with Gasteiger partial charge >= 0.3 is 17.6 Å². The van der Waals surface area contributed by atoms with E-state index in [1.54, 1.807) is 30.3 Å². The Morgan fingerprint density at radius 2 is 1.63 bits per heavy atom. The predicted molar refractivity (Wildman–Crippen MR) is 134 cm³/mol. The van der Waals surface area contributed by atoms with Crippen LogP contribution in [0.3, 0.4) is 0 Å². The normalized spacial score (nSPS) is 18.7. The molecule has 11 heteroatoms. The van der Waals surface area contributed by atoms with Gasteiger partial charge < -0.3 is 14.2 Å². The van der Waals surface area contributed by atoms with Gasteiger partial charge in [0, 0.05) is 12.6 Å². The van der Waals surface area contributed by atoms with Gasteiger partial charge in [-0.05, 0) is 44.2 Å². The van der Waals surface area contributed by atoms with Crippen LogP contribution in [0.4, 0.5) is 0 Å². The highest BCUT2D eigenvalue weighted by Gasteiger charge is 2.40. The van der Waals surface area contributed by atoms with E-state index in [4.69, 9.17) is 14.2 Å². The van der Waals surface area contributed by atoms with Gasteiger partial charge in [0.2, 0.25) is 0 Å². The number of benzene rings is 2. The third-order valence-electron chi connectivity index (χ3n) is 6.17. The lowest BCUT2D eigenvalue weighted by atomic mass is 10.1. The van der Waals surface area contributed by atoms with Crippen molar-refractivity contribution in [3.8, 4) is 5.82 Å². The Morgan fingerprint density at radius 3 is 2.24 bits per heavy atom. The molecule has 2 aromatic heterocycles. The van der Waals surface area contributed by atoms with Crippen LogP contribution < -0.4 is 5.69 Å². The molecule has 0 amide bonds. The molecule has 1 aliphatic heterocycles. The summed E-state index contributed by atoms with van der Waals surface area (Å²) in [5.74, 6) is -0.773. The van der Waals surface area contributed by atoms with E-state index >= 15 is 0 Å². The molecule has 1 aliphatic rings. The fraction of sp³-hybridized carbons (Fsp3) is 0.259. The molecular weight excluding hydrogens is 493 g/mol. The van der Waals surface area contributed by atoms with Gasteiger partial charge in [0.1, 0.15) is 37.7 Å². The largest absolute Gasteiger partial charge is 0.459 e. The lowest BCUT2D eigenvalue weighted by Gasteiger charge is -2.19. The van der Waals surface area contributed by atoms with Gasteiger partial charge in [-0.2, -0.15) is 10.1 Å². The first kappa shape index (κ1) is 25.0. The second-order valence-electron chi connectivity index (χ2n) is 8.95. The van der Waals surface area contributed by atoms with Gasteiger partial charge in [-0.1, -0.05) is 35.4 Å². The van der Waals surface area contributed by atoms with Crippen molar-refractivity contribution in [2.45, 2.75) is 38.7 Å². The minimum atomic E-state index is -0.800. The number of hydrogen-bond donors (Lipinski definition) is 0. The van der Waals surface area contributed by atoms with E-state index in [0.717, 1.165) is 11.1 Å². The third-order valence-corrected chi connectivity index (χ3v) is 6.17. The highest BCUT2D eigenvalue weighted by atomic mass is 16.6. The Hall–Kier alpha value is -4.64. The van der Waals surface area contributed by atoms with Gasteiger partial charge in [0.15, 0.2) is 5.82 Å². The maximum Gasteiger partial charge on any atom is 0.351 e. The molecule has 0 unspecified atom stereocenters. The van der Waals surface area contributed by atoms with Crippen molar-refractivity contribution in [2.75, 3.05) is 6.61 Å². The fourth-order valence-electron chi connectivity index (χ4n) is 4.05. The fourth-order valence-corrected chi connectivity index (χ4v) is 4.05. The van der Waals surface area contributed by atoms with Gasteiger partial charge in [0.25, 0.3) is 0 Å². The number of nitrogens with zero attached hydrogens (tertiary/aromatic N) is 5. The zero-order valence-electron chi connectivity index (χ0n) is 20.8. The number of esters is 2. The molecule has 38 heavy (non-hydrogen) atoms. The first-order valence-corrected chi connectivity index (χ1v) is 12.0. The Kier molecular flexibility index (Phi) is 7.09. The van der Waals surface area contributed by atoms with E-state index in [-0.39, 0.29) is 13.0 Å². The molecule has 0 saturated carbocycles. The van der Waals surface area contributed by atoms with Crippen molar-refractivity contribution < 1.29 is 23.8 Å². The summed E-state index contributed by atoms with van der Waals surface area (Å²) < 4.78 is 20.0. The zero-order chi connectivity index (χ0) is 26.6. The van der Waals surface area contributed by atoms with Gasteiger partial charge in [-0.15, -0.1) is 0 Å². The molecule has 0 aliphatic carbocycles. The average molecular weight is 519 g/mol. The van der Waals surface area contributed by atoms with Crippen LogP contribution in [0.15, 0.2) is 78.2 Å². The first-order chi connectivity index (χ1) is 18.4. The third kappa shape index (κ3) is 5.52. The van der Waals surface area contributed by atoms with Crippen LogP contribution in [-0.2, 0) is 14.2 Å². The monoisotopic (exact) mass is 518 g/mol. The van der Waals surface area contributed by atoms with Gasteiger partial charge in [-0.3, -0.25) is 4.57 Å². The van der Waals surface area contributed by atoms with Crippen LogP contribution in [0, 0.1) is 13.8 Å². The van der Waals surface area contributed by atoms with Crippen LogP contribution >= 0.6 is 0 Å². The second-order valence-corrected chi connectivity index (χ2v) is 8.95. The summed E-state index contributed by atoms with van der Waals surface area (Å²) in [4.78, 5) is 46.1. The number of carbonyl (C=O) groups excluding carboxylic acids is 2. The van der Waals surface area contributed by atoms with Crippen LogP contribution in [0.5, 0.6) is 0 Å². The maximum absolute atomic E-state index is 12.9. The second kappa shape index (κ2) is 10.8. The first-order valence-electron chi connectivity index (χ1n) is 12.0. The van der Waals surface area contributed by atoms with Crippen LogP contribution in [-0.4, -0.2) is 55.1 Å². The number of rotatable bonds is 7. The molecule has 4 aromatic rings. The summed E-state index contributed by atoms with van der Waals surface area (Å²) in [6.45, 7) is 3.67. The van der Waals surface area contributed by atoms with Crippen molar-refractivity contribution in [2.24, 2.45) is 0 Å². The van der Waals surface area contributed by atoms with Crippen molar-refractivity contribution >= 4 is 11.9 Å². The van der Waals surface area contributed by atoms with E-state index in [9.17, 15) is 14.4 Å². The standard InChI is InChI=1S/C27H25N5O6/c1-17-3-7-19(8-4-17)25(33)36-14-22-21(38-26(34)20-9-5-18(2)6-10-20)13-24(37-22)31-12-11-23(30-27(31)35)32-16-28-15-29-32/h3-12,15-16,21-22,24H,13-14H2,1-2H3/t21-,22-,24-/m1/s1/i27+1,30+1,31+1. The van der Waals surface area contributed by atoms with E-state index < -0.39 is 36.1 Å². The van der Waals surface area contributed by atoms with E-state index in [2.05, 4.69) is 15.1 Å². The quantitative estimate of drug-likeness (QED) is 0.339. The van der Waals surface area contributed by atoms with Crippen LogP contribution in [0.1, 0.15) is 44.5 Å². The molecule has 0 spiro atoms. The number of aromatic nitrogens is 5. The zero-order valence-corrected chi connectivity index (χ0v) is 20.8. The van der Waals surface area contributed by atoms with Gasteiger partial charge in [-0.25, -0.2) is 24.0 Å². The molecule has 1 saturated heterocycles. The molecule has 0 bridgehead atoms. The predicted octanol–water partition coefficient (Wildman–Crippen LogP) is 2.81. The summed E-state index contributed by atoms with van der Waals surface area (Å²) in [6.07, 6.45) is 2.08. The number of carbonyl (C=O) groups is 2. The van der Waals surface area contributed by atoms with E-state index in [0.29, 0.717) is 16.9 Å². The minimum absolute atomic E-state index is 0.161. The molecule has 3 atom stereocenters. The molecule has 194 valence electrons. The number of ether oxygens (including phenoxy) is 3. The molecule has 0 N–H and O–H groups in total. The Morgan fingerprint density at radius 1 is 0.974 bits per heavy atom. The highest BCUT2D eigenvalue weighted by Crippen LogP contribution is 2.31. The lowest BCUT2D eigenvalue weighted by molar-refractivity contribution is -0.0582. The SMILES string of the molecule is Cc1ccc(C(=O)OC[C@H]2O[C@@H]([15n]3ccc(-n4cncn4)[15n][13c]3=O)C[C@H]2OC(=O)c2ccc(C)cc2)cc1. The lowest BCUT2D eigenvalue weighted by Crippen LogP contribution is -2.32. The van der Waals surface area contributed by atoms with Gasteiger partial charge in [0.05, 0.1) is 11.1 Å². The van der Waals surface area contributed by atoms with E-state index in [1.807, 2.05) is 38.1 Å². The summed E-state index contributed by atoms with van der Waals surface area (Å²) in [7, 11) is 0. The van der Waals surface area contributed by atoms with Crippen molar-refractivity contribution in [1.29, 1.82) is 0 Å². The molecule has 1 fully saturated rings. The Balaban J connectivity index is 1.34. The summed E-state index contributed by atoms with van der Waals surface area (Å²) in [5, 5.41) is 3.97. The minimum Gasteiger partial charge on any atom is -0.459 e. The highest BCUT2D eigenvalue weighted by molar-refractivity contribution is 5.90. The number of hydrogen-bond acceptors (Lipinski definition) is 9. The maximum atomic E-state index is 12.9. The smallest absolute Gasteiger partial charge is 0.351 e. The van der Waals surface area contributed by atoms with Crippen LogP contribution in [0.25, 0.3) is 5.82 Å². The molecular formula is C27H25N5O6.